The van der Waals surface area contributed by atoms with Gasteiger partial charge in [-0.1, -0.05) is 0 Å². The van der Waals surface area contributed by atoms with Gasteiger partial charge in [0.05, 0.1) is 19.0 Å². The second-order valence-corrected chi connectivity index (χ2v) is 6.57. The van der Waals surface area contributed by atoms with Crippen LogP contribution >= 0.6 is 11.3 Å². The first kappa shape index (κ1) is 18.5. The number of nitrogens with zero attached hydrogens (tertiary/aromatic N) is 2. The predicted octanol–water partition coefficient (Wildman–Crippen LogP) is 3.74. The highest BCUT2D eigenvalue weighted by Crippen LogP contribution is 2.28. The van der Waals surface area contributed by atoms with Crippen LogP contribution in [0.5, 0.6) is 11.5 Å². The predicted molar refractivity (Wildman–Crippen MR) is 102 cm³/mol. The Balaban J connectivity index is 1.71. The van der Waals surface area contributed by atoms with Crippen molar-refractivity contribution in [3.63, 3.8) is 0 Å². The van der Waals surface area contributed by atoms with Gasteiger partial charge in [0.25, 0.3) is 5.91 Å². The van der Waals surface area contributed by atoms with Crippen LogP contribution in [0.2, 0.25) is 0 Å². The van der Waals surface area contributed by atoms with Crippen molar-refractivity contribution in [2.45, 2.75) is 6.92 Å². The number of aromatic nitrogens is 1. The van der Waals surface area contributed by atoms with Crippen LogP contribution in [0.15, 0.2) is 47.6 Å². The van der Waals surface area contributed by atoms with E-state index in [9.17, 15) is 14.3 Å². The first-order valence-corrected chi connectivity index (χ1v) is 8.73. The molecule has 8 heteroatoms. The third-order valence-corrected chi connectivity index (χ3v) is 4.88. The van der Waals surface area contributed by atoms with Crippen molar-refractivity contribution in [3.8, 4) is 22.1 Å². The number of hydrogen-bond donors (Lipinski definition) is 2. The SMILES string of the molecule is COc1ccc(/C=N/NC(=O)c2sc(-c3ccc(F)cc3)nc2C)cc1O. The van der Waals surface area contributed by atoms with E-state index >= 15 is 0 Å². The molecular weight excluding hydrogens is 369 g/mol. The molecule has 0 aliphatic heterocycles. The van der Waals surface area contributed by atoms with Gasteiger partial charge in [0.15, 0.2) is 11.5 Å². The summed E-state index contributed by atoms with van der Waals surface area (Å²) in [6.45, 7) is 1.73. The quantitative estimate of drug-likeness (QED) is 0.518. The fourth-order valence-corrected chi connectivity index (χ4v) is 3.29. The molecule has 2 aromatic carbocycles. The summed E-state index contributed by atoms with van der Waals surface area (Å²) in [6, 6.07) is 10.7. The maximum atomic E-state index is 13.0. The fourth-order valence-electron chi connectivity index (χ4n) is 2.33. The third-order valence-electron chi connectivity index (χ3n) is 3.68. The van der Waals surface area contributed by atoms with Crippen molar-refractivity contribution < 1.29 is 19.0 Å². The second-order valence-electron chi connectivity index (χ2n) is 5.57. The van der Waals surface area contributed by atoms with Gasteiger partial charge in [-0.25, -0.2) is 14.8 Å². The molecule has 0 aliphatic rings. The second kappa shape index (κ2) is 7.96. The Morgan fingerprint density at radius 3 is 2.70 bits per heavy atom. The highest BCUT2D eigenvalue weighted by atomic mass is 32.1. The van der Waals surface area contributed by atoms with Crippen molar-refractivity contribution in [1.29, 1.82) is 0 Å². The molecule has 0 unspecified atom stereocenters. The Labute approximate surface area is 159 Å². The van der Waals surface area contributed by atoms with Gasteiger partial charge >= 0.3 is 0 Å². The number of hydrazone groups is 1. The Bertz CT molecular complexity index is 1000. The average molecular weight is 385 g/mol. The minimum absolute atomic E-state index is 0.0185. The zero-order valence-electron chi connectivity index (χ0n) is 14.6. The molecule has 2 N–H and O–H groups in total. The minimum atomic E-state index is -0.396. The van der Waals surface area contributed by atoms with E-state index in [0.717, 1.165) is 5.56 Å². The molecule has 3 aromatic rings. The van der Waals surface area contributed by atoms with Crippen LogP contribution in [0.4, 0.5) is 4.39 Å². The average Bonchev–Trinajstić information content (AvgIpc) is 3.04. The number of carbonyl (C=O) groups is 1. The van der Waals surface area contributed by atoms with Crippen LogP contribution < -0.4 is 10.2 Å². The number of halogens is 1. The lowest BCUT2D eigenvalue weighted by atomic mass is 10.2. The first-order chi connectivity index (χ1) is 13.0. The van der Waals surface area contributed by atoms with Gasteiger partial charge in [0.2, 0.25) is 0 Å². The summed E-state index contributed by atoms with van der Waals surface area (Å²) in [6.07, 6.45) is 1.41. The molecule has 0 atom stereocenters. The molecule has 0 saturated carbocycles. The van der Waals surface area contributed by atoms with Crippen LogP contribution in [0.3, 0.4) is 0 Å². The molecule has 27 heavy (non-hydrogen) atoms. The summed E-state index contributed by atoms with van der Waals surface area (Å²) >= 11 is 1.20. The summed E-state index contributed by atoms with van der Waals surface area (Å²) in [4.78, 5) is 17.1. The Kier molecular flexibility index (Phi) is 5.46. The van der Waals surface area contributed by atoms with E-state index in [1.54, 1.807) is 31.2 Å². The Hall–Kier alpha value is -3.26. The number of carbonyl (C=O) groups excluding carboxylic acids is 1. The van der Waals surface area contributed by atoms with Crippen molar-refractivity contribution in [1.82, 2.24) is 10.4 Å². The molecule has 0 spiro atoms. The number of rotatable bonds is 5. The molecule has 138 valence electrons. The number of thiazole rings is 1. The summed E-state index contributed by atoms with van der Waals surface area (Å²) < 4.78 is 18.0. The van der Waals surface area contributed by atoms with Gasteiger partial charge in [0.1, 0.15) is 15.7 Å². The molecule has 1 heterocycles. The maximum Gasteiger partial charge on any atom is 0.283 e. The fraction of sp³-hybridized carbons (Fsp3) is 0.105. The molecule has 1 aromatic heterocycles. The lowest BCUT2D eigenvalue weighted by Gasteiger charge is -2.03. The number of amides is 1. The van der Waals surface area contributed by atoms with Crippen LogP contribution in [-0.4, -0.2) is 29.3 Å². The molecule has 6 nitrogen and oxygen atoms in total. The number of aryl methyl sites for hydroxylation is 1. The van der Waals surface area contributed by atoms with E-state index in [1.807, 2.05) is 0 Å². The van der Waals surface area contributed by atoms with Crippen molar-refractivity contribution >= 4 is 23.5 Å². The number of ether oxygens (including phenoxy) is 1. The summed E-state index contributed by atoms with van der Waals surface area (Å²) in [5.41, 5.74) is 4.34. The molecule has 1 amide bonds. The van der Waals surface area contributed by atoms with E-state index in [-0.39, 0.29) is 11.6 Å². The highest BCUT2D eigenvalue weighted by molar-refractivity contribution is 7.17. The van der Waals surface area contributed by atoms with Crippen LogP contribution in [-0.2, 0) is 0 Å². The third kappa shape index (κ3) is 4.29. The number of hydrogen-bond acceptors (Lipinski definition) is 6. The zero-order valence-corrected chi connectivity index (χ0v) is 15.4. The summed E-state index contributed by atoms with van der Waals surface area (Å²) in [5, 5.41) is 14.3. The number of phenols is 1. The molecule has 3 rings (SSSR count). The standard InChI is InChI=1S/C19H16FN3O3S/c1-11-17(27-19(22-11)13-4-6-14(20)7-5-13)18(25)23-21-10-12-3-8-16(26-2)15(24)9-12/h3-10,24H,1-2H3,(H,23,25)/b21-10+. The van der Waals surface area contributed by atoms with Gasteiger partial charge in [-0.3, -0.25) is 4.79 Å². The highest BCUT2D eigenvalue weighted by Gasteiger charge is 2.16. The van der Waals surface area contributed by atoms with E-state index in [0.29, 0.717) is 26.9 Å². The molecule has 0 saturated heterocycles. The van der Waals surface area contributed by atoms with E-state index < -0.39 is 5.91 Å². The van der Waals surface area contributed by atoms with Crippen molar-refractivity contribution in [3.05, 3.63) is 64.4 Å². The van der Waals surface area contributed by atoms with Gasteiger partial charge in [-0.15, -0.1) is 11.3 Å². The molecule has 0 bridgehead atoms. The number of benzene rings is 2. The van der Waals surface area contributed by atoms with Gasteiger partial charge in [-0.2, -0.15) is 5.10 Å². The number of nitrogens with one attached hydrogen (secondary N) is 1. The lowest BCUT2D eigenvalue weighted by Crippen LogP contribution is -2.17. The topological polar surface area (TPSA) is 83.8 Å². The van der Waals surface area contributed by atoms with E-state index in [4.69, 9.17) is 4.74 Å². The summed E-state index contributed by atoms with van der Waals surface area (Å²) in [7, 11) is 1.46. The van der Waals surface area contributed by atoms with Crippen LogP contribution in [0, 0.1) is 12.7 Å². The number of phenolic OH excluding ortho intramolecular Hbond substituents is 1. The Morgan fingerprint density at radius 2 is 2.04 bits per heavy atom. The van der Waals surface area contributed by atoms with Crippen LogP contribution in [0.1, 0.15) is 20.9 Å². The van der Waals surface area contributed by atoms with E-state index in [2.05, 4.69) is 15.5 Å². The van der Waals surface area contributed by atoms with Crippen molar-refractivity contribution in [2.75, 3.05) is 7.11 Å². The zero-order chi connectivity index (χ0) is 19.4. The monoisotopic (exact) mass is 385 g/mol. The minimum Gasteiger partial charge on any atom is -0.504 e. The first-order valence-electron chi connectivity index (χ1n) is 7.91. The summed E-state index contributed by atoms with van der Waals surface area (Å²) in [5.74, 6) is -0.393. The normalized spacial score (nSPS) is 10.9. The molecule has 0 fully saturated rings. The number of methoxy groups -OCH3 is 1. The van der Waals surface area contributed by atoms with Gasteiger partial charge in [-0.05, 0) is 55.0 Å². The van der Waals surface area contributed by atoms with Crippen LogP contribution in [0.25, 0.3) is 10.6 Å². The lowest BCUT2D eigenvalue weighted by molar-refractivity contribution is 0.0958. The van der Waals surface area contributed by atoms with Gasteiger partial charge in [0, 0.05) is 5.56 Å². The molecule has 0 aliphatic carbocycles. The van der Waals surface area contributed by atoms with E-state index in [1.165, 1.54) is 42.9 Å². The Morgan fingerprint density at radius 1 is 1.30 bits per heavy atom. The number of aromatic hydroxyl groups is 1. The maximum absolute atomic E-state index is 13.0. The largest absolute Gasteiger partial charge is 0.504 e. The van der Waals surface area contributed by atoms with Crippen molar-refractivity contribution in [2.24, 2.45) is 5.10 Å². The smallest absolute Gasteiger partial charge is 0.283 e. The molecular formula is C19H16FN3O3S. The molecule has 0 radical (unpaired) electrons. The van der Waals surface area contributed by atoms with Gasteiger partial charge < -0.3 is 9.84 Å².